The number of oxime groups is 1. The van der Waals surface area contributed by atoms with E-state index >= 15 is 0 Å². The third-order valence-electron chi connectivity index (χ3n) is 3.63. The van der Waals surface area contributed by atoms with E-state index in [1.807, 2.05) is 20.8 Å². The summed E-state index contributed by atoms with van der Waals surface area (Å²) in [5.41, 5.74) is 4.44. The van der Waals surface area contributed by atoms with Gasteiger partial charge in [-0.2, -0.15) is 0 Å². The van der Waals surface area contributed by atoms with Crippen molar-refractivity contribution in [1.82, 2.24) is 4.90 Å². The molecular formula is C11H21N3O3. The average Bonchev–Trinajstić information content (AvgIpc) is 2.26. The van der Waals surface area contributed by atoms with Crippen LogP contribution >= 0.6 is 0 Å². The zero-order valence-corrected chi connectivity index (χ0v) is 10.6. The van der Waals surface area contributed by atoms with Crippen LogP contribution in [-0.4, -0.2) is 39.2 Å². The average molecular weight is 243 g/mol. The fourth-order valence-electron chi connectivity index (χ4n) is 2.75. The van der Waals surface area contributed by atoms with E-state index in [0.717, 1.165) is 12.8 Å². The Bertz CT molecular complexity index is 335. The van der Waals surface area contributed by atoms with Crippen LogP contribution in [0.25, 0.3) is 0 Å². The maximum absolute atomic E-state index is 11.4. The summed E-state index contributed by atoms with van der Waals surface area (Å²) in [6.07, 6.45) is 1.24. The third-order valence-corrected chi connectivity index (χ3v) is 3.63. The van der Waals surface area contributed by atoms with E-state index in [0.29, 0.717) is 13.0 Å². The van der Waals surface area contributed by atoms with Crippen LogP contribution < -0.4 is 5.73 Å². The maximum Gasteiger partial charge on any atom is 0.408 e. The highest BCUT2D eigenvalue weighted by Gasteiger charge is 2.53. The number of carbonyl (C=O) groups is 1. The Kier molecular flexibility index (Phi) is 3.54. The largest absolute Gasteiger partial charge is 0.465 e. The monoisotopic (exact) mass is 243 g/mol. The molecule has 1 rings (SSSR count). The number of carboxylic acid groups (broad SMARTS) is 1. The molecule has 0 radical (unpaired) electrons. The molecular weight excluding hydrogens is 222 g/mol. The molecule has 0 aromatic rings. The van der Waals surface area contributed by atoms with Crippen molar-refractivity contribution in [3.05, 3.63) is 0 Å². The molecule has 6 nitrogen and oxygen atoms in total. The zero-order chi connectivity index (χ0) is 13.3. The smallest absolute Gasteiger partial charge is 0.408 e. The highest BCUT2D eigenvalue weighted by Crippen LogP contribution is 2.42. The maximum atomic E-state index is 11.4. The van der Waals surface area contributed by atoms with E-state index in [9.17, 15) is 9.90 Å². The van der Waals surface area contributed by atoms with E-state index in [1.165, 1.54) is 4.90 Å². The van der Waals surface area contributed by atoms with E-state index in [1.54, 1.807) is 0 Å². The minimum Gasteiger partial charge on any atom is -0.465 e. The topological polar surface area (TPSA) is 99.2 Å². The number of hydrogen-bond donors (Lipinski definition) is 3. The van der Waals surface area contributed by atoms with Crippen molar-refractivity contribution in [3.8, 4) is 0 Å². The molecule has 98 valence electrons. The van der Waals surface area contributed by atoms with Gasteiger partial charge in [-0.15, -0.1) is 0 Å². The van der Waals surface area contributed by atoms with Crippen molar-refractivity contribution in [2.75, 3.05) is 6.54 Å². The second-order valence-electron chi connectivity index (χ2n) is 5.49. The molecule has 1 fully saturated rings. The van der Waals surface area contributed by atoms with Crippen molar-refractivity contribution in [3.63, 3.8) is 0 Å². The Balaban J connectivity index is 3.33. The first-order valence-electron chi connectivity index (χ1n) is 5.76. The van der Waals surface area contributed by atoms with Gasteiger partial charge in [0.15, 0.2) is 5.84 Å². The molecule has 1 aliphatic rings. The lowest BCUT2D eigenvalue weighted by Crippen LogP contribution is -2.67. The molecule has 1 saturated heterocycles. The van der Waals surface area contributed by atoms with E-state index < -0.39 is 17.0 Å². The van der Waals surface area contributed by atoms with Crippen LogP contribution in [0.5, 0.6) is 0 Å². The number of nitrogens with zero attached hydrogens (tertiary/aromatic N) is 2. The number of amides is 1. The van der Waals surface area contributed by atoms with Crippen LogP contribution in [0.2, 0.25) is 0 Å². The first-order valence-corrected chi connectivity index (χ1v) is 5.76. The van der Waals surface area contributed by atoms with Gasteiger partial charge < -0.3 is 16.0 Å². The van der Waals surface area contributed by atoms with Crippen molar-refractivity contribution in [2.45, 2.75) is 45.6 Å². The lowest BCUT2D eigenvalue weighted by atomic mass is 9.67. The van der Waals surface area contributed by atoms with Gasteiger partial charge in [-0.05, 0) is 24.7 Å². The molecule has 0 bridgehead atoms. The molecule has 0 saturated carbocycles. The van der Waals surface area contributed by atoms with Gasteiger partial charge in [0.25, 0.3) is 0 Å². The number of likely N-dealkylation sites (tertiary alicyclic amines) is 1. The summed E-state index contributed by atoms with van der Waals surface area (Å²) in [5, 5.41) is 21.3. The van der Waals surface area contributed by atoms with E-state index in [2.05, 4.69) is 5.16 Å². The van der Waals surface area contributed by atoms with Gasteiger partial charge in [-0.1, -0.05) is 25.9 Å². The predicted octanol–water partition coefficient (Wildman–Crippen LogP) is 1.68. The molecule has 1 atom stereocenters. The normalized spacial score (nSPS) is 27.0. The Morgan fingerprint density at radius 2 is 2.00 bits per heavy atom. The van der Waals surface area contributed by atoms with Gasteiger partial charge in [-0.3, -0.25) is 4.90 Å². The fourth-order valence-corrected chi connectivity index (χ4v) is 2.75. The summed E-state index contributed by atoms with van der Waals surface area (Å²) in [6.45, 7) is 6.15. The number of piperidine rings is 1. The zero-order valence-electron chi connectivity index (χ0n) is 10.6. The predicted molar refractivity (Wildman–Crippen MR) is 64.2 cm³/mol. The van der Waals surface area contributed by atoms with Crippen LogP contribution in [0.15, 0.2) is 5.16 Å². The second kappa shape index (κ2) is 4.43. The lowest BCUT2D eigenvalue weighted by molar-refractivity contribution is 0.0198. The summed E-state index contributed by atoms with van der Waals surface area (Å²) in [7, 11) is 0. The van der Waals surface area contributed by atoms with Crippen LogP contribution in [0.1, 0.15) is 40.0 Å². The van der Waals surface area contributed by atoms with Crippen LogP contribution in [0, 0.1) is 5.41 Å². The van der Waals surface area contributed by atoms with Gasteiger partial charge in [-0.25, -0.2) is 4.79 Å². The van der Waals surface area contributed by atoms with Gasteiger partial charge in [0, 0.05) is 6.54 Å². The SMILES string of the molecule is CC(C)(C)[C@]1(C(N)=NO)CCCCN1C(=O)O. The van der Waals surface area contributed by atoms with Gasteiger partial charge >= 0.3 is 6.09 Å². The summed E-state index contributed by atoms with van der Waals surface area (Å²) in [6, 6.07) is 0. The molecule has 0 aromatic heterocycles. The van der Waals surface area contributed by atoms with Crippen molar-refractivity contribution in [2.24, 2.45) is 16.3 Å². The second-order valence-corrected chi connectivity index (χ2v) is 5.49. The Labute approximate surface area is 101 Å². The van der Waals surface area contributed by atoms with Crippen molar-refractivity contribution >= 4 is 11.9 Å². The van der Waals surface area contributed by atoms with Crippen molar-refractivity contribution in [1.29, 1.82) is 0 Å². The molecule has 0 aromatic carbocycles. The standard InChI is InChI=1S/C11H21N3O3/c1-10(2,3)11(8(12)13-17)6-4-5-7-14(11)9(15)16/h17H,4-7H2,1-3H3,(H2,12,13)(H,15,16)/t11-/m1/s1. The molecule has 1 heterocycles. The number of nitrogens with two attached hydrogens (primary N) is 1. The molecule has 17 heavy (non-hydrogen) atoms. The molecule has 0 aliphatic carbocycles. The Hall–Kier alpha value is -1.46. The summed E-state index contributed by atoms with van der Waals surface area (Å²) in [5.74, 6) is -0.0212. The van der Waals surface area contributed by atoms with Gasteiger partial charge in [0.2, 0.25) is 0 Å². The molecule has 4 N–H and O–H groups in total. The molecule has 1 aliphatic heterocycles. The molecule has 0 spiro atoms. The third kappa shape index (κ3) is 2.03. The molecule has 0 unspecified atom stereocenters. The highest BCUT2D eigenvalue weighted by atomic mass is 16.4. The summed E-state index contributed by atoms with van der Waals surface area (Å²) in [4.78, 5) is 12.7. The quantitative estimate of drug-likeness (QED) is 0.282. The van der Waals surface area contributed by atoms with Crippen LogP contribution in [0.4, 0.5) is 4.79 Å². The van der Waals surface area contributed by atoms with Gasteiger partial charge in [0.05, 0.1) is 0 Å². The molecule has 6 heteroatoms. The first-order chi connectivity index (χ1) is 7.77. The molecule has 1 amide bonds. The Morgan fingerprint density at radius 1 is 1.41 bits per heavy atom. The van der Waals surface area contributed by atoms with Crippen LogP contribution in [0.3, 0.4) is 0 Å². The fraction of sp³-hybridized carbons (Fsp3) is 0.818. The minimum absolute atomic E-state index is 0.0212. The summed E-state index contributed by atoms with van der Waals surface area (Å²) >= 11 is 0. The minimum atomic E-state index is -1.02. The van der Waals surface area contributed by atoms with Crippen LogP contribution in [-0.2, 0) is 0 Å². The summed E-state index contributed by atoms with van der Waals surface area (Å²) < 4.78 is 0. The first kappa shape index (κ1) is 13.6. The Morgan fingerprint density at radius 3 is 2.41 bits per heavy atom. The van der Waals surface area contributed by atoms with Gasteiger partial charge in [0.1, 0.15) is 5.54 Å². The lowest BCUT2D eigenvalue weighted by Gasteiger charge is -2.52. The van der Waals surface area contributed by atoms with E-state index in [-0.39, 0.29) is 5.84 Å². The van der Waals surface area contributed by atoms with Crippen molar-refractivity contribution < 1.29 is 15.1 Å². The number of rotatable bonds is 1. The van der Waals surface area contributed by atoms with E-state index in [4.69, 9.17) is 10.9 Å². The highest BCUT2D eigenvalue weighted by molar-refractivity contribution is 5.93. The number of amidine groups is 1. The number of hydrogen-bond acceptors (Lipinski definition) is 3.